The van der Waals surface area contributed by atoms with Crippen LogP contribution in [-0.2, 0) is 0 Å². The Morgan fingerprint density at radius 2 is 1.78 bits per heavy atom. The molecule has 0 aromatic heterocycles. The topological polar surface area (TPSA) is 0 Å². The first-order valence-electron chi connectivity index (χ1n) is 2.62. The van der Waals surface area contributed by atoms with E-state index in [1.54, 1.807) is 0 Å². The van der Waals surface area contributed by atoms with E-state index in [1.165, 1.54) is 4.46 Å². The molecule has 0 nitrogen and oxygen atoms in total. The fraction of sp³-hybridized carbons (Fsp3) is 0. The first-order chi connectivity index (χ1) is 4.33. The summed E-state index contributed by atoms with van der Waals surface area (Å²) in [4.78, 5) is 0. The van der Waals surface area contributed by atoms with Gasteiger partial charge in [0.25, 0.3) is 0 Å². The molecule has 0 heterocycles. The van der Waals surface area contributed by atoms with Crippen molar-refractivity contribution >= 4 is 48.9 Å². The number of halogens is 1. The quantitative estimate of drug-likeness (QED) is 0.640. The predicted octanol–water partition coefficient (Wildman–Crippen LogP) is 0.862. The summed E-state index contributed by atoms with van der Waals surface area (Å²) >= 11 is 6.24. The molecule has 1 aromatic carbocycles. The molecule has 0 unspecified atom stereocenters. The summed E-state index contributed by atoms with van der Waals surface area (Å²) in [6, 6.07) is 8.48. The fourth-order valence-corrected chi connectivity index (χ4v) is 1.69. The molecule has 0 aliphatic rings. The van der Waals surface area contributed by atoms with E-state index in [9.17, 15) is 0 Å². The third-order valence-corrected chi connectivity index (χ3v) is 3.14. The molecule has 0 aliphatic heterocycles. The van der Waals surface area contributed by atoms with Crippen molar-refractivity contribution in [1.82, 2.24) is 0 Å². The SMILES string of the molecule is [Li][Se]c1ccc(Br)cc1. The minimum atomic E-state index is 0.640. The second kappa shape index (κ2) is 3.86. The van der Waals surface area contributed by atoms with E-state index in [0.717, 1.165) is 4.47 Å². The van der Waals surface area contributed by atoms with E-state index < -0.39 is 0 Å². The minimum absolute atomic E-state index is 0.640. The van der Waals surface area contributed by atoms with Crippen molar-refractivity contribution in [3.05, 3.63) is 28.7 Å². The third-order valence-electron chi connectivity index (χ3n) is 1.05. The van der Waals surface area contributed by atoms with Crippen molar-refractivity contribution in [3.63, 3.8) is 0 Å². The molecule has 1 aromatic rings. The molecule has 1 rings (SSSR count). The van der Waals surface area contributed by atoms with E-state index >= 15 is 0 Å². The zero-order valence-corrected chi connectivity index (χ0v) is 8.39. The van der Waals surface area contributed by atoms with Crippen LogP contribution in [-0.4, -0.2) is 28.5 Å². The van der Waals surface area contributed by atoms with Crippen molar-refractivity contribution in [2.24, 2.45) is 0 Å². The van der Waals surface area contributed by atoms with Crippen molar-refractivity contribution < 1.29 is 0 Å². The number of hydrogen-bond donors (Lipinski definition) is 0. The molecule has 9 heavy (non-hydrogen) atoms. The second-order valence-corrected chi connectivity index (χ2v) is 4.42. The van der Waals surface area contributed by atoms with Gasteiger partial charge in [-0.05, 0) is 0 Å². The molecule has 0 bridgehead atoms. The van der Waals surface area contributed by atoms with Crippen molar-refractivity contribution in [2.45, 2.75) is 0 Å². The van der Waals surface area contributed by atoms with Crippen molar-refractivity contribution in [2.75, 3.05) is 0 Å². The van der Waals surface area contributed by atoms with Crippen molar-refractivity contribution in [1.29, 1.82) is 0 Å². The summed E-state index contributed by atoms with van der Waals surface area (Å²) in [7, 11) is 0. The van der Waals surface area contributed by atoms with Crippen LogP contribution >= 0.6 is 15.9 Å². The van der Waals surface area contributed by atoms with E-state index in [2.05, 4.69) is 56.0 Å². The van der Waals surface area contributed by atoms with Gasteiger partial charge in [-0.1, -0.05) is 0 Å². The molecule has 0 N–H and O–H groups in total. The normalized spacial score (nSPS) is 9.67. The maximum atomic E-state index is 3.38. The molecule has 0 spiro atoms. The van der Waals surface area contributed by atoms with Gasteiger partial charge in [-0.3, -0.25) is 0 Å². The average Bonchev–Trinajstić information content (AvgIpc) is 1.90. The van der Waals surface area contributed by atoms with Gasteiger partial charge in [0.15, 0.2) is 0 Å². The van der Waals surface area contributed by atoms with Gasteiger partial charge in [0, 0.05) is 0 Å². The second-order valence-electron chi connectivity index (χ2n) is 1.66. The van der Waals surface area contributed by atoms with Gasteiger partial charge in [-0.2, -0.15) is 0 Å². The predicted molar refractivity (Wildman–Crippen MR) is 45.3 cm³/mol. The van der Waals surface area contributed by atoms with Gasteiger partial charge in [0.05, 0.1) is 0 Å². The van der Waals surface area contributed by atoms with Gasteiger partial charge in [0.1, 0.15) is 0 Å². The Bertz CT molecular complexity index is 185. The molecule has 0 saturated heterocycles. The summed E-state index contributed by atoms with van der Waals surface area (Å²) in [5.41, 5.74) is 0. The van der Waals surface area contributed by atoms with Crippen LogP contribution in [0.4, 0.5) is 0 Å². The zero-order valence-electron chi connectivity index (χ0n) is 5.10. The average molecular weight is 242 g/mol. The zero-order chi connectivity index (χ0) is 6.69. The van der Waals surface area contributed by atoms with E-state index in [0.29, 0.717) is 12.8 Å². The molecule has 0 fully saturated rings. The summed E-state index contributed by atoms with van der Waals surface area (Å²) in [5.74, 6) is 0. The number of hydrogen-bond acceptors (Lipinski definition) is 0. The third kappa shape index (κ3) is 2.49. The molecule has 42 valence electrons. The Morgan fingerprint density at radius 3 is 2.22 bits per heavy atom. The van der Waals surface area contributed by atoms with E-state index in [4.69, 9.17) is 0 Å². The van der Waals surface area contributed by atoms with Gasteiger partial charge < -0.3 is 0 Å². The van der Waals surface area contributed by atoms with Gasteiger partial charge in [0.2, 0.25) is 0 Å². The summed E-state index contributed by atoms with van der Waals surface area (Å²) in [6.07, 6.45) is 0. The molecular weight excluding hydrogens is 238 g/mol. The van der Waals surface area contributed by atoms with E-state index in [1.807, 2.05) is 0 Å². The van der Waals surface area contributed by atoms with Crippen LogP contribution < -0.4 is 4.46 Å². The molecule has 0 atom stereocenters. The number of benzene rings is 1. The molecule has 0 saturated carbocycles. The molecular formula is C6H4BrLiSe. The standard InChI is InChI=1S/C6H5BrSe.Li/c7-5-1-3-6(8)4-2-5;/h1-4,8H;/q;+1/p-1. The number of rotatable bonds is 1. The Hall–Kier alpha value is 0.817. The Labute approximate surface area is 77.2 Å². The summed E-state index contributed by atoms with van der Waals surface area (Å²) in [6.45, 7) is 0. The van der Waals surface area contributed by atoms with Crippen LogP contribution in [0.2, 0.25) is 0 Å². The first-order valence-corrected chi connectivity index (χ1v) is 5.99. The van der Waals surface area contributed by atoms with Crippen LogP contribution in [0.5, 0.6) is 0 Å². The van der Waals surface area contributed by atoms with Gasteiger partial charge in [-0.15, -0.1) is 0 Å². The molecule has 0 radical (unpaired) electrons. The van der Waals surface area contributed by atoms with Crippen molar-refractivity contribution in [3.8, 4) is 0 Å². The first kappa shape index (κ1) is 7.92. The Balaban J connectivity index is 2.88. The monoisotopic (exact) mass is 242 g/mol. The van der Waals surface area contributed by atoms with Crippen LogP contribution in [0.15, 0.2) is 28.7 Å². The summed E-state index contributed by atoms with van der Waals surface area (Å²) in [5, 5.41) is 0. The van der Waals surface area contributed by atoms with Gasteiger partial charge >= 0.3 is 77.7 Å². The van der Waals surface area contributed by atoms with Gasteiger partial charge in [-0.25, -0.2) is 0 Å². The fourth-order valence-electron chi connectivity index (χ4n) is 0.571. The Kier molecular flexibility index (Phi) is 3.39. The Morgan fingerprint density at radius 1 is 1.22 bits per heavy atom. The molecule has 0 aliphatic carbocycles. The van der Waals surface area contributed by atoms with Crippen LogP contribution in [0, 0.1) is 0 Å². The van der Waals surface area contributed by atoms with Crippen LogP contribution in [0.1, 0.15) is 0 Å². The molecule has 3 heteroatoms. The molecule has 0 amide bonds. The van der Waals surface area contributed by atoms with E-state index in [-0.39, 0.29) is 0 Å². The summed E-state index contributed by atoms with van der Waals surface area (Å²) < 4.78 is 2.61. The maximum absolute atomic E-state index is 3.38. The van der Waals surface area contributed by atoms with Crippen LogP contribution in [0.3, 0.4) is 0 Å². The van der Waals surface area contributed by atoms with Crippen LogP contribution in [0.25, 0.3) is 0 Å².